The molecule has 0 saturated carbocycles. The lowest BCUT2D eigenvalue weighted by atomic mass is 10.1. The van der Waals surface area contributed by atoms with Gasteiger partial charge in [0.05, 0.1) is 14.2 Å². The van der Waals surface area contributed by atoms with Crippen LogP contribution >= 0.6 is 0 Å². The van der Waals surface area contributed by atoms with Crippen LogP contribution in [-0.2, 0) is 0 Å². The normalized spacial score (nSPS) is 12.3. The third-order valence-electron chi connectivity index (χ3n) is 2.09. The summed E-state index contributed by atoms with van der Waals surface area (Å²) in [5.74, 6) is 1.19. The summed E-state index contributed by atoms with van der Waals surface area (Å²) >= 11 is 0. The van der Waals surface area contributed by atoms with Crippen molar-refractivity contribution in [1.29, 1.82) is 0 Å². The van der Waals surface area contributed by atoms with Crippen LogP contribution < -0.4 is 20.9 Å². The van der Waals surface area contributed by atoms with Crippen molar-refractivity contribution >= 4 is 5.69 Å². The highest BCUT2D eigenvalue weighted by atomic mass is 16.5. The van der Waals surface area contributed by atoms with E-state index in [0.29, 0.717) is 17.2 Å². The second kappa shape index (κ2) is 4.19. The molecule has 0 bridgehead atoms. The fourth-order valence-corrected chi connectivity index (χ4v) is 1.22. The summed E-state index contributed by atoms with van der Waals surface area (Å²) in [6.07, 6.45) is 0. The van der Waals surface area contributed by atoms with Crippen LogP contribution in [0.5, 0.6) is 11.5 Å². The van der Waals surface area contributed by atoms with Gasteiger partial charge in [0.2, 0.25) is 0 Å². The van der Waals surface area contributed by atoms with E-state index in [1.54, 1.807) is 14.2 Å². The van der Waals surface area contributed by atoms with Gasteiger partial charge in [-0.05, 0) is 24.6 Å². The number of benzene rings is 1. The predicted octanol–water partition coefficient (Wildman–Crippen LogP) is 1.31. The average Bonchev–Trinajstić information content (AvgIpc) is 2.17. The third kappa shape index (κ3) is 1.90. The minimum absolute atomic E-state index is 0.0709. The Kier molecular flexibility index (Phi) is 3.19. The van der Waals surface area contributed by atoms with Crippen molar-refractivity contribution in [3.8, 4) is 11.5 Å². The summed E-state index contributed by atoms with van der Waals surface area (Å²) in [7, 11) is 3.13. The minimum atomic E-state index is -0.0709. The maximum atomic E-state index is 5.78. The molecule has 0 amide bonds. The first-order chi connectivity index (χ1) is 6.60. The second-order valence-corrected chi connectivity index (χ2v) is 3.13. The zero-order chi connectivity index (χ0) is 10.7. The third-order valence-corrected chi connectivity index (χ3v) is 2.09. The lowest BCUT2D eigenvalue weighted by molar-refractivity contribution is 0.397. The maximum absolute atomic E-state index is 5.78. The fourth-order valence-electron chi connectivity index (χ4n) is 1.22. The molecule has 1 atom stereocenters. The van der Waals surface area contributed by atoms with Crippen LogP contribution in [0.25, 0.3) is 0 Å². The molecule has 1 rings (SSSR count). The molecule has 1 aromatic carbocycles. The van der Waals surface area contributed by atoms with Crippen LogP contribution in [-0.4, -0.2) is 14.2 Å². The smallest absolute Gasteiger partial charge is 0.145 e. The monoisotopic (exact) mass is 196 g/mol. The van der Waals surface area contributed by atoms with Gasteiger partial charge in [0.1, 0.15) is 17.2 Å². The number of hydrogen-bond acceptors (Lipinski definition) is 4. The Bertz CT molecular complexity index is 299. The van der Waals surface area contributed by atoms with Crippen LogP contribution in [0.2, 0.25) is 0 Å². The van der Waals surface area contributed by atoms with Crippen molar-refractivity contribution in [2.24, 2.45) is 5.73 Å². The lowest BCUT2D eigenvalue weighted by Crippen LogP contribution is -2.07. The Labute approximate surface area is 83.8 Å². The number of anilines is 1. The highest BCUT2D eigenvalue weighted by Gasteiger charge is 2.10. The zero-order valence-corrected chi connectivity index (χ0v) is 8.70. The van der Waals surface area contributed by atoms with Gasteiger partial charge in [-0.3, -0.25) is 0 Å². The van der Waals surface area contributed by atoms with Crippen molar-refractivity contribution in [2.75, 3.05) is 20.0 Å². The van der Waals surface area contributed by atoms with Crippen molar-refractivity contribution in [3.63, 3.8) is 0 Å². The van der Waals surface area contributed by atoms with Gasteiger partial charge < -0.3 is 20.9 Å². The van der Waals surface area contributed by atoms with E-state index in [1.165, 1.54) is 0 Å². The molecule has 0 spiro atoms. The Morgan fingerprint density at radius 1 is 1.14 bits per heavy atom. The largest absolute Gasteiger partial charge is 0.494 e. The molecule has 4 nitrogen and oxygen atoms in total. The zero-order valence-electron chi connectivity index (χ0n) is 8.70. The fraction of sp³-hybridized carbons (Fsp3) is 0.400. The molecule has 0 heterocycles. The minimum Gasteiger partial charge on any atom is -0.494 e. The number of rotatable bonds is 3. The molecule has 78 valence electrons. The molecule has 0 aliphatic carbocycles. The topological polar surface area (TPSA) is 70.5 Å². The number of hydrogen-bond donors (Lipinski definition) is 2. The average molecular weight is 196 g/mol. The van der Waals surface area contributed by atoms with Gasteiger partial charge in [-0.25, -0.2) is 0 Å². The molecule has 0 unspecified atom stereocenters. The summed E-state index contributed by atoms with van der Waals surface area (Å²) in [6.45, 7) is 1.89. The van der Waals surface area contributed by atoms with E-state index in [9.17, 15) is 0 Å². The molecule has 0 saturated heterocycles. The quantitative estimate of drug-likeness (QED) is 0.715. The van der Waals surface area contributed by atoms with Gasteiger partial charge in [-0.15, -0.1) is 0 Å². The van der Waals surface area contributed by atoms with Crippen LogP contribution in [0.4, 0.5) is 5.69 Å². The molecule has 0 aliphatic rings. The van der Waals surface area contributed by atoms with Gasteiger partial charge in [-0.2, -0.15) is 0 Å². The van der Waals surface area contributed by atoms with E-state index in [4.69, 9.17) is 20.9 Å². The van der Waals surface area contributed by atoms with E-state index in [2.05, 4.69) is 0 Å². The Hall–Kier alpha value is -1.42. The molecule has 4 heteroatoms. The van der Waals surface area contributed by atoms with E-state index < -0.39 is 0 Å². The summed E-state index contributed by atoms with van der Waals surface area (Å²) in [4.78, 5) is 0. The van der Waals surface area contributed by atoms with Crippen LogP contribution in [0.15, 0.2) is 12.1 Å². The van der Waals surface area contributed by atoms with Crippen molar-refractivity contribution in [2.45, 2.75) is 13.0 Å². The molecular formula is C10H16N2O2. The number of ether oxygens (including phenoxy) is 2. The Morgan fingerprint density at radius 3 is 1.86 bits per heavy atom. The van der Waals surface area contributed by atoms with Gasteiger partial charge in [0.15, 0.2) is 0 Å². The molecule has 1 aromatic rings. The molecular weight excluding hydrogens is 180 g/mol. The van der Waals surface area contributed by atoms with Crippen LogP contribution in [0.1, 0.15) is 18.5 Å². The van der Waals surface area contributed by atoms with Crippen molar-refractivity contribution in [1.82, 2.24) is 0 Å². The van der Waals surface area contributed by atoms with Gasteiger partial charge in [0.25, 0.3) is 0 Å². The van der Waals surface area contributed by atoms with E-state index in [0.717, 1.165) is 5.56 Å². The number of methoxy groups -OCH3 is 2. The van der Waals surface area contributed by atoms with Crippen LogP contribution in [0.3, 0.4) is 0 Å². The molecule has 14 heavy (non-hydrogen) atoms. The lowest BCUT2D eigenvalue weighted by Gasteiger charge is -2.13. The van der Waals surface area contributed by atoms with Gasteiger partial charge in [-0.1, -0.05) is 0 Å². The SMILES string of the molecule is COc1cc([C@@H](C)N)cc(OC)c1N. The van der Waals surface area contributed by atoms with Crippen LogP contribution in [0, 0.1) is 0 Å². The second-order valence-electron chi connectivity index (χ2n) is 3.13. The molecule has 4 N–H and O–H groups in total. The summed E-state index contributed by atoms with van der Waals surface area (Å²) < 4.78 is 10.2. The molecule has 0 aliphatic heterocycles. The van der Waals surface area contributed by atoms with E-state index >= 15 is 0 Å². The highest BCUT2D eigenvalue weighted by Crippen LogP contribution is 2.34. The molecule has 0 radical (unpaired) electrons. The summed E-state index contributed by atoms with van der Waals surface area (Å²) in [6, 6.07) is 3.57. The molecule has 0 fully saturated rings. The standard InChI is InChI=1S/C10H16N2O2/c1-6(11)7-4-8(13-2)10(12)9(5-7)14-3/h4-6H,11-12H2,1-3H3/t6-/m1/s1. The predicted molar refractivity (Wildman–Crippen MR) is 56.6 cm³/mol. The highest BCUT2D eigenvalue weighted by molar-refractivity contribution is 5.64. The maximum Gasteiger partial charge on any atom is 0.145 e. The summed E-state index contributed by atoms with van der Waals surface area (Å²) in [5, 5.41) is 0. The number of nitrogen functional groups attached to an aromatic ring is 1. The van der Waals surface area contributed by atoms with Crippen molar-refractivity contribution < 1.29 is 9.47 Å². The van der Waals surface area contributed by atoms with E-state index in [1.807, 2.05) is 19.1 Å². The first kappa shape index (κ1) is 10.7. The van der Waals surface area contributed by atoms with Gasteiger partial charge in [0, 0.05) is 6.04 Å². The van der Waals surface area contributed by atoms with Crippen molar-refractivity contribution in [3.05, 3.63) is 17.7 Å². The first-order valence-electron chi connectivity index (χ1n) is 4.37. The summed E-state index contributed by atoms with van der Waals surface area (Å²) in [5.41, 5.74) is 13.0. The van der Waals surface area contributed by atoms with Gasteiger partial charge >= 0.3 is 0 Å². The number of nitrogens with two attached hydrogens (primary N) is 2. The van der Waals surface area contributed by atoms with E-state index in [-0.39, 0.29) is 6.04 Å². The Morgan fingerprint density at radius 2 is 1.57 bits per heavy atom. The Balaban J connectivity index is 3.25. The molecule has 0 aromatic heterocycles. The first-order valence-corrected chi connectivity index (χ1v) is 4.37.